The van der Waals surface area contributed by atoms with Crippen molar-refractivity contribution in [3.05, 3.63) is 30.0 Å². The number of hydrogen-bond donors (Lipinski definition) is 0. The number of fused-ring (bicyclic) bond motifs is 1. The van der Waals surface area contributed by atoms with Crippen LogP contribution in [0.2, 0.25) is 0 Å². The van der Waals surface area contributed by atoms with Crippen molar-refractivity contribution in [3.8, 4) is 5.88 Å². The molecule has 1 amide bonds. The van der Waals surface area contributed by atoms with Gasteiger partial charge in [-0.05, 0) is 11.6 Å². The van der Waals surface area contributed by atoms with Crippen LogP contribution in [0.15, 0.2) is 18.7 Å². The summed E-state index contributed by atoms with van der Waals surface area (Å²) in [6.07, 6.45) is -4.64. The highest BCUT2D eigenvalue weighted by Crippen LogP contribution is 2.27. The van der Waals surface area contributed by atoms with Gasteiger partial charge in [-0.15, -0.1) is 0 Å². The summed E-state index contributed by atoms with van der Waals surface area (Å²) in [5, 5.41) is 0. The molecule has 2 heterocycles. The molecule has 0 saturated carbocycles. The molecule has 0 aromatic carbocycles. The number of alkyl halides is 3. The standard InChI is InChI=1S/C13H13F3N2O2/c1-8-7-18(12(19)13(14,15)16)6-5-10-9(8)3-4-11(17-10)20-2/h3-4H,1,5-7H2,2H3. The molecule has 0 atom stereocenters. The molecule has 1 aromatic rings. The number of aromatic nitrogens is 1. The van der Waals surface area contributed by atoms with Crippen LogP contribution in [0.1, 0.15) is 11.3 Å². The first-order valence-corrected chi connectivity index (χ1v) is 5.91. The molecule has 0 N–H and O–H groups in total. The van der Waals surface area contributed by atoms with Gasteiger partial charge in [-0.2, -0.15) is 13.2 Å². The second kappa shape index (κ2) is 5.15. The lowest BCUT2D eigenvalue weighted by molar-refractivity contribution is -0.184. The van der Waals surface area contributed by atoms with Crippen molar-refractivity contribution in [1.29, 1.82) is 0 Å². The highest BCUT2D eigenvalue weighted by Gasteiger charge is 2.43. The van der Waals surface area contributed by atoms with Crippen molar-refractivity contribution >= 4 is 11.5 Å². The lowest BCUT2D eigenvalue weighted by Gasteiger charge is -2.21. The number of methoxy groups -OCH3 is 1. The van der Waals surface area contributed by atoms with Gasteiger partial charge < -0.3 is 9.64 Å². The Bertz CT molecular complexity index is 555. The van der Waals surface area contributed by atoms with Crippen LogP contribution in [0.5, 0.6) is 5.88 Å². The Morgan fingerprint density at radius 2 is 2.15 bits per heavy atom. The van der Waals surface area contributed by atoms with Crippen LogP contribution >= 0.6 is 0 Å². The van der Waals surface area contributed by atoms with Gasteiger partial charge >= 0.3 is 12.1 Å². The molecule has 4 nitrogen and oxygen atoms in total. The molecule has 108 valence electrons. The van der Waals surface area contributed by atoms with Crippen LogP contribution in [0.25, 0.3) is 5.57 Å². The first-order chi connectivity index (χ1) is 9.32. The molecule has 1 aliphatic heterocycles. The number of ether oxygens (including phenoxy) is 1. The number of halogens is 3. The molecule has 0 unspecified atom stereocenters. The lowest BCUT2D eigenvalue weighted by atomic mass is 10.1. The molecule has 2 rings (SSSR count). The van der Waals surface area contributed by atoms with Crippen molar-refractivity contribution in [1.82, 2.24) is 9.88 Å². The zero-order chi connectivity index (χ0) is 14.9. The molecule has 0 fully saturated rings. The molecular weight excluding hydrogens is 273 g/mol. The fraction of sp³-hybridized carbons (Fsp3) is 0.385. The molecule has 0 saturated heterocycles. The molecule has 1 aromatic heterocycles. The predicted molar refractivity (Wildman–Crippen MR) is 66.2 cm³/mol. The smallest absolute Gasteiger partial charge is 0.471 e. The summed E-state index contributed by atoms with van der Waals surface area (Å²) in [6, 6.07) is 3.32. The minimum atomic E-state index is -4.87. The van der Waals surface area contributed by atoms with E-state index in [1.54, 1.807) is 12.1 Å². The van der Waals surface area contributed by atoms with E-state index >= 15 is 0 Å². The summed E-state index contributed by atoms with van der Waals surface area (Å²) in [4.78, 5) is 16.2. The Morgan fingerprint density at radius 3 is 2.75 bits per heavy atom. The maximum atomic E-state index is 12.5. The van der Waals surface area contributed by atoms with Gasteiger partial charge in [0, 0.05) is 31.1 Å². The van der Waals surface area contributed by atoms with E-state index in [2.05, 4.69) is 11.6 Å². The predicted octanol–water partition coefficient (Wildman–Crippen LogP) is 2.05. The Labute approximate surface area is 113 Å². The van der Waals surface area contributed by atoms with Gasteiger partial charge in [0.25, 0.3) is 0 Å². The van der Waals surface area contributed by atoms with E-state index in [1.165, 1.54) is 7.11 Å². The van der Waals surface area contributed by atoms with E-state index in [0.29, 0.717) is 22.7 Å². The largest absolute Gasteiger partial charge is 0.481 e. The van der Waals surface area contributed by atoms with Crippen LogP contribution in [0, 0.1) is 0 Å². The monoisotopic (exact) mass is 286 g/mol. The number of pyridine rings is 1. The van der Waals surface area contributed by atoms with Crippen LogP contribution in [0.4, 0.5) is 13.2 Å². The summed E-state index contributed by atoms with van der Waals surface area (Å²) in [5.41, 5.74) is 1.69. The molecular formula is C13H13F3N2O2. The normalized spacial score (nSPS) is 15.6. The summed E-state index contributed by atoms with van der Waals surface area (Å²) in [6.45, 7) is 3.54. The number of hydrogen-bond acceptors (Lipinski definition) is 3. The first-order valence-electron chi connectivity index (χ1n) is 5.91. The molecule has 7 heteroatoms. The summed E-state index contributed by atoms with van der Waals surface area (Å²) in [7, 11) is 1.46. The number of carbonyl (C=O) groups is 1. The van der Waals surface area contributed by atoms with Gasteiger partial charge in [-0.25, -0.2) is 4.98 Å². The van der Waals surface area contributed by atoms with E-state index in [9.17, 15) is 18.0 Å². The van der Waals surface area contributed by atoms with Crippen LogP contribution in [0.3, 0.4) is 0 Å². The van der Waals surface area contributed by atoms with Gasteiger partial charge in [-0.1, -0.05) is 6.58 Å². The fourth-order valence-electron chi connectivity index (χ4n) is 2.10. The number of amides is 1. The van der Waals surface area contributed by atoms with Crippen LogP contribution in [-0.2, 0) is 11.2 Å². The third kappa shape index (κ3) is 2.76. The number of rotatable bonds is 1. The topological polar surface area (TPSA) is 42.4 Å². The van der Waals surface area contributed by atoms with Gasteiger partial charge in [0.1, 0.15) is 0 Å². The minimum Gasteiger partial charge on any atom is -0.481 e. The van der Waals surface area contributed by atoms with Crippen molar-refractivity contribution in [2.24, 2.45) is 0 Å². The second-order valence-corrected chi connectivity index (χ2v) is 4.43. The Hall–Kier alpha value is -2.05. The fourth-order valence-corrected chi connectivity index (χ4v) is 2.10. The molecule has 1 aliphatic rings. The van der Waals surface area contributed by atoms with Crippen molar-refractivity contribution in [2.75, 3.05) is 20.2 Å². The first kappa shape index (κ1) is 14.4. The van der Waals surface area contributed by atoms with Crippen molar-refractivity contribution in [2.45, 2.75) is 12.6 Å². The van der Waals surface area contributed by atoms with Crippen LogP contribution < -0.4 is 4.74 Å². The summed E-state index contributed by atoms with van der Waals surface area (Å²) >= 11 is 0. The average Bonchev–Trinajstić information content (AvgIpc) is 2.56. The second-order valence-electron chi connectivity index (χ2n) is 4.43. The maximum Gasteiger partial charge on any atom is 0.471 e. The Morgan fingerprint density at radius 1 is 1.45 bits per heavy atom. The van der Waals surface area contributed by atoms with Crippen molar-refractivity contribution < 1.29 is 22.7 Å². The Balaban J connectivity index is 2.27. The third-order valence-corrected chi connectivity index (χ3v) is 3.07. The SMILES string of the molecule is C=C1CN(C(=O)C(F)(F)F)CCc2nc(OC)ccc21. The highest BCUT2D eigenvalue weighted by atomic mass is 19.4. The lowest BCUT2D eigenvalue weighted by Crippen LogP contribution is -2.42. The summed E-state index contributed by atoms with van der Waals surface area (Å²) in [5.74, 6) is -1.47. The van der Waals surface area contributed by atoms with Gasteiger partial charge in [0.2, 0.25) is 5.88 Å². The van der Waals surface area contributed by atoms with Gasteiger partial charge in [0.15, 0.2) is 0 Å². The molecule has 20 heavy (non-hydrogen) atoms. The van der Waals surface area contributed by atoms with Gasteiger partial charge in [-0.3, -0.25) is 4.79 Å². The average molecular weight is 286 g/mol. The molecule has 0 bridgehead atoms. The van der Waals surface area contributed by atoms with Crippen molar-refractivity contribution in [3.63, 3.8) is 0 Å². The summed E-state index contributed by atoms with van der Waals surface area (Å²) < 4.78 is 42.4. The third-order valence-electron chi connectivity index (χ3n) is 3.07. The van der Waals surface area contributed by atoms with E-state index < -0.39 is 12.1 Å². The quantitative estimate of drug-likeness (QED) is 0.793. The molecule has 0 radical (unpaired) electrons. The van der Waals surface area contributed by atoms with E-state index in [0.717, 1.165) is 4.90 Å². The van der Waals surface area contributed by atoms with E-state index in [-0.39, 0.29) is 19.5 Å². The Kier molecular flexibility index (Phi) is 3.69. The van der Waals surface area contributed by atoms with Crippen LogP contribution in [-0.4, -0.2) is 42.2 Å². The van der Waals surface area contributed by atoms with E-state index in [4.69, 9.17) is 4.74 Å². The van der Waals surface area contributed by atoms with E-state index in [1.807, 2.05) is 0 Å². The zero-order valence-corrected chi connectivity index (χ0v) is 10.8. The minimum absolute atomic E-state index is 0.0511. The maximum absolute atomic E-state index is 12.5. The van der Waals surface area contributed by atoms with Gasteiger partial charge in [0.05, 0.1) is 12.8 Å². The molecule has 0 spiro atoms. The number of nitrogens with zero attached hydrogens (tertiary/aromatic N) is 2. The zero-order valence-electron chi connectivity index (χ0n) is 10.8. The number of carbonyl (C=O) groups excluding carboxylic acids is 1. The highest BCUT2D eigenvalue weighted by molar-refractivity contribution is 5.84. The molecule has 0 aliphatic carbocycles.